The number of aromatic nitrogens is 3. The summed E-state index contributed by atoms with van der Waals surface area (Å²) >= 11 is 0. The summed E-state index contributed by atoms with van der Waals surface area (Å²) < 4.78 is 1.83. The Kier molecular flexibility index (Phi) is 5.76. The van der Waals surface area contributed by atoms with E-state index in [4.69, 9.17) is 0 Å². The van der Waals surface area contributed by atoms with Crippen LogP contribution in [0.25, 0.3) is 10.9 Å². The summed E-state index contributed by atoms with van der Waals surface area (Å²) in [4.78, 5) is 32.6. The highest BCUT2D eigenvalue weighted by Crippen LogP contribution is 2.12. The molecular weight excluding hydrogens is 366 g/mol. The van der Waals surface area contributed by atoms with Crippen LogP contribution >= 0.6 is 0 Å². The van der Waals surface area contributed by atoms with Crippen LogP contribution in [0.2, 0.25) is 0 Å². The summed E-state index contributed by atoms with van der Waals surface area (Å²) in [6.45, 7) is 6.52. The first-order chi connectivity index (χ1) is 14.1. The lowest BCUT2D eigenvalue weighted by atomic mass is 10.2. The molecule has 7 nitrogen and oxygen atoms in total. The van der Waals surface area contributed by atoms with Crippen LogP contribution in [-0.2, 0) is 17.9 Å². The molecule has 1 fully saturated rings. The Balaban J connectivity index is 1.34. The van der Waals surface area contributed by atoms with Crippen molar-refractivity contribution in [1.82, 2.24) is 24.6 Å². The monoisotopic (exact) mass is 393 g/mol. The maximum Gasteiger partial charge on any atom is 0.224 e. The fourth-order valence-corrected chi connectivity index (χ4v) is 3.91. The molecule has 0 spiro atoms. The van der Waals surface area contributed by atoms with Gasteiger partial charge in [-0.3, -0.25) is 19.2 Å². The van der Waals surface area contributed by atoms with Crippen molar-refractivity contribution < 1.29 is 4.79 Å². The SMILES string of the molecule is Cc1cnn(CCC(=O)N2CCCN(Cc3cc(=O)c4ccccc4[nH]3)CC2)c1. The van der Waals surface area contributed by atoms with Crippen LogP contribution < -0.4 is 5.43 Å². The first kappa shape index (κ1) is 19.4. The molecule has 1 aliphatic heterocycles. The Morgan fingerprint density at radius 2 is 2.03 bits per heavy atom. The third-order valence-electron chi connectivity index (χ3n) is 5.45. The number of hydrogen-bond acceptors (Lipinski definition) is 4. The van der Waals surface area contributed by atoms with E-state index in [1.54, 1.807) is 6.07 Å². The Morgan fingerprint density at radius 3 is 2.86 bits per heavy atom. The van der Waals surface area contributed by atoms with Crippen molar-refractivity contribution in [3.05, 3.63) is 64.2 Å². The molecule has 1 aliphatic rings. The lowest BCUT2D eigenvalue weighted by molar-refractivity contribution is -0.131. The van der Waals surface area contributed by atoms with Gasteiger partial charge >= 0.3 is 0 Å². The number of rotatable bonds is 5. The second kappa shape index (κ2) is 8.61. The number of carbonyl (C=O) groups is 1. The lowest BCUT2D eigenvalue weighted by Crippen LogP contribution is -2.35. The van der Waals surface area contributed by atoms with Crippen LogP contribution in [0, 0.1) is 6.92 Å². The number of para-hydroxylation sites is 1. The van der Waals surface area contributed by atoms with E-state index >= 15 is 0 Å². The average molecular weight is 393 g/mol. The maximum atomic E-state index is 12.6. The second-order valence-electron chi connectivity index (χ2n) is 7.75. The largest absolute Gasteiger partial charge is 0.357 e. The minimum Gasteiger partial charge on any atom is -0.357 e. The molecule has 1 N–H and O–H groups in total. The fraction of sp³-hybridized carbons (Fsp3) is 0.409. The predicted molar refractivity (Wildman–Crippen MR) is 113 cm³/mol. The van der Waals surface area contributed by atoms with E-state index in [0.29, 0.717) is 19.5 Å². The van der Waals surface area contributed by atoms with Crippen LogP contribution in [0.5, 0.6) is 0 Å². The Morgan fingerprint density at radius 1 is 1.17 bits per heavy atom. The van der Waals surface area contributed by atoms with E-state index in [1.807, 2.05) is 53.2 Å². The summed E-state index contributed by atoms with van der Waals surface area (Å²) in [5, 5.41) is 4.97. The summed E-state index contributed by atoms with van der Waals surface area (Å²) in [5.74, 6) is 0.180. The highest BCUT2D eigenvalue weighted by Gasteiger charge is 2.19. The molecule has 3 aromatic rings. The van der Waals surface area contributed by atoms with Crippen LogP contribution in [-0.4, -0.2) is 56.7 Å². The summed E-state index contributed by atoms with van der Waals surface area (Å²) in [7, 11) is 0. The Labute approximate surface area is 169 Å². The van der Waals surface area contributed by atoms with Crippen molar-refractivity contribution in [2.24, 2.45) is 0 Å². The number of benzene rings is 1. The molecule has 1 aromatic carbocycles. The van der Waals surface area contributed by atoms with Gasteiger partial charge in [-0.1, -0.05) is 12.1 Å². The third kappa shape index (κ3) is 4.74. The van der Waals surface area contributed by atoms with Gasteiger partial charge in [-0.2, -0.15) is 5.10 Å². The smallest absolute Gasteiger partial charge is 0.224 e. The second-order valence-corrected chi connectivity index (χ2v) is 7.75. The van der Waals surface area contributed by atoms with E-state index in [9.17, 15) is 9.59 Å². The maximum absolute atomic E-state index is 12.6. The number of carbonyl (C=O) groups excluding carboxylic acids is 1. The molecule has 3 heterocycles. The average Bonchev–Trinajstić information content (AvgIpc) is 2.99. The van der Waals surface area contributed by atoms with E-state index in [0.717, 1.165) is 54.8 Å². The summed E-state index contributed by atoms with van der Waals surface area (Å²) in [5.41, 5.74) is 2.95. The van der Waals surface area contributed by atoms with E-state index in [2.05, 4.69) is 15.0 Å². The number of hydrogen-bond donors (Lipinski definition) is 1. The number of nitrogens with one attached hydrogen (secondary N) is 1. The van der Waals surface area contributed by atoms with Crippen LogP contribution in [0.4, 0.5) is 0 Å². The number of aromatic amines is 1. The highest BCUT2D eigenvalue weighted by molar-refractivity contribution is 5.78. The molecule has 0 bridgehead atoms. The lowest BCUT2D eigenvalue weighted by Gasteiger charge is -2.22. The highest BCUT2D eigenvalue weighted by atomic mass is 16.2. The molecule has 0 saturated carbocycles. The van der Waals surface area contributed by atoms with Crippen LogP contribution in [0.3, 0.4) is 0 Å². The van der Waals surface area contributed by atoms with Gasteiger partial charge in [-0.15, -0.1) is 0 Å². The summed E-state index contributed by atoms with van der Waals surface area (Å²) in [6.07, 6.45) is 5.18. The van der Waals surface area contributed by atoms with Gasteiger partial charge in [-0.05, 0) is 31.0 Å². The van der Waals surface area contributed by atoms with Gasteiger partial charge in [0, 0.05) is 74.5 Å². The van der Waals surface area contributed by atoms with Crippen molar-refractivity contribution in [3.63, 3.8) is 0 Å². The zero-order valence-electron chi connectivity index (χ0n) is 16.8. The third-order valence-corrected chi connectivity index (χ3v) is 5.45. The number of aryl methyl sites for hydroxylation is 2. The minimum atomic E-state index is 0.0508. The normalized spacial score (nSPS) is 15.6. The summed E-state index contributed by atoms with van der Waals surface area (Å²) in [6, 6.07) is 9.29. The molecule has 1 saturated heterocycles. The molecule has 1 amide bonds. The van der Waals surface area contributed by atoms with Crippen molar-refractivity contribution in [2.75, 3.05) is 26.2 Å². The predicted octanol–water partition coefficient (Wildman–Crippen LogP) is 2.16. The molecule has 2 aromatic heterocycles. The number of fused-ring (bicyclic) bond motifs is 1. The van der Waals surface area contributed by atoms with E-state index < -0.39 is 0 Å². The molecule has 29 heavy (non-hydrogen) atoms. The van der Waals surface area contributed by atoms with Crippen LogP contribution in [0.15, 0.2) is 47.5 Å². The van der Waals surface area contributed by atoms with E-state index in [-0.39, 0.29) is 11.3 Å². The zero-order valence-corrected chi connectivity index (χ0v) is 16.8. The van der Waals surface area contributed by atoms with Crippen molar-refractivity contribution in [2.45, 2.75) is 32.9 Å². The Bertz CT molecular complexity index is 1050. The minimum absolute atomic E-state index is 0.0508. The van der Waals surface area contributed by atoms with Gasteiger partial charge < -0.3 is 9.88 Å². The Hall–Kier alpha value is -2.93. The molecule has 0 unspecified atom stereocenters. The number of pyridine rings is 1. The first-order valence-corrected chi connectivity index (χ1v) is 10.2. The van der Waals surface area contributed by atoms with Gasteiger partial charge in [0.2, 0.25) is 5.91 Å². The van der Waals surface area contributed by atoms with Crippen molar-refractivity contribution >= 4 is 16.8 Å². The number of amides is 1. The van der Waals surface area contributed by atoms with Gasteiger partial charge in [0.1, 0.15) is 0 Å². The molecule has 0 atom stereocenters. The molecule has 152 valence electrons. The molecular formula is C22H27N5O2. The van der Waals surface area contributed by atoms with Crippen molar-refractivity contribution in [3.8, 4) is 0 Å². The molecule has 0 aliphatic carbocycles. The quantitative estimate of drug-likeness (QED) is 0.721. The zero-order chi connectivity index (χ0) is 20.2. The molecule has 7 heteroatoms. The van der Waals surface area contributed by atoms with Gasteiger partial charge in [0.25, 0.3) is 0 Å². The first-order valence-electron chi connectivity index (χ1n) is 10.2. The van der Waals surface area contributed by atoms with Gasteiger partial charge in [0.05, 0.1) is 6.20 Å². The topological polar surface area (TPSA) is 74.2 Å². The van der Waals surface area contributed by atoms with E-state index in [1.165, 1.54) is 0 Å². The standard InChI is InChI=1S/C22H27N5O2/c1-17-14-23-27(15-17)10-7-22(29)26-9-4-8-25(11-12-26)16-18-13-21(28)19-5-2-3-6-20(19)24-18/h2-3,5-6,13-15H,4,7-12,16H2,1H3,(H,24,28). The molecule has 0 radical (unpaired) electrons. The number of nitrogens with zero attached hydrogens (tertiary/aromatic N) is 4. The van der Waals surface area contributed by atoms with Crippen molar-refractivity contribution in [1.29, 1.82) is 0 Å². The molecule has 4 rings (SSSR count). The van der Waals surface area contributed by atoms with Gasteiger partial charge in [-0.25, -0.2) is 0 Å². The fourth-order valence-electron chi connectivity index (χ4n) is 3.91. The number of H-pyrrole nitrogens is 1. The van der Waals surface area contributed by atoms with Crippen LogP contribution in [0.1, 0.15) is 24.1 Å². The van der Waals surface area contributed by atoms with Gasteiger partial charge in [0.15, 0.2) is 5.43 Å².